The summed E-state index contributed by atoms with van der Waals surface area (Å²) in [6.07, 6.45) is 6.14. The van der Waals surface area contributed by atoms with E-state index in [0.717, 1.165) is 31.5 Å². The van der Waals surface area contributed by atoms with Crippen molar-refractivity contribution >= 4 is 12.2 Å². The Morgan fingerprint density at radius 2 is 2.23 bits per heavy atom. The fraction of sp³-hybridized carbons (Fsp3) is 0.750. The molecule has 0 unspecified atom stereocenters. The van der Waals surface area contributed by atoms with Gasteiger partial charge in [0.05, 0.1) is 12.7 Å². The lowest BCUT2D eigenvalue weighted by Crippen LogP contribution is -2.21. The second-order valence-electron chi connectivity index (χ2n) is 5.59. The van der Waals surface area contributed by atoms with Gasteiger partial charge >= 0.3 is 0 Å². The smallest absolute Gasteiger partial charge is 0.195 e. The van der Waals surface area contributed by atoms with Crippen LogP contribution in [0.15, 0.2) is 12.7 Å². The first kappa shape index (κ1) is 19.1. The van der Waals surface area contributed by atoms with E-state index in [4.69, 9.17) is 17.0 Å². The lowest BCUT2D eigenvalue weighted by molar-refractivity contribution is 0.0280. The molecule has 2 atom stereocenters. The van der Waals surface area contributed by atoms with Gasteiger partial charge in [-0.2, -0.15) is 5.10 Å². The zero-order valence-electron chi connectivity index (χ0n) is 13.8. The van der Waals surface area contributed by atoms with Crippen molar-refractivity contribution in [2.75, 3.05) is 13.2 Å². The minimum atomic E-state index is -0.476. The third kappa shape index (κ3) is 6.02. The number of nitrogens with zero attached hydrogens (tertiary/aromatic N) is 2. The largest absolute Gasteiger partial charge is 0.391 e. The number of ether oxygens (including phenoxy) is 1. The molecule has 0 aliphatic rings. The minimum absolute atomic E-state index is 0.174. The Kier molecular flexibility index (Phi) is 9.27. The van der Waals surface area contributed by atoms with Crippen LogP contribution in [0.4, 0.5) is 0 Å². The molecule has 0 spiro atoms. The Hall–Kier alpha value is -0.980. The quantitative estimate of drug-likeness (QED) is 0.350. The molecular weight excluding hydrogens is 298 g/mol. The molecule has 1 aromatic heterocycles. The highest BCUT2D eigenvalue weighted by atomic mass is 32.1. The SMILES string of the molecule is C=CCn1c([C@H](CCCC)C[C@@H](O)COCCC)n[nH]c1=S. The van der Waals surface area contributed by atoms with Gasteiger partial charge in [0.15, 0.2) is 4.77 Å². The summed E-state index contributed by atoms with van der Waals surface area (Å²) in [7, 11) is 0. The summed E-state index contributed by atoms with van der Waals surface area (Å²) in [5.41, 5.74) is 0. The minimum Gasteiger partial charge on any atom is -0.391 e. The van der Waals surface area contributed by atoms with Crippen LogP contribution in [-0.4, -0.2) is 39.2 Å². The maximum atomic E-state index is 10.2. The number of H-pyrrole nitrogens is 1. The summed E-state index contributed by atoms with van der Waals surface area (Å²) in [6, 6.07) is 0. The first-order chi connectivity index (χ1) is 10.6. The van der Waals surface area contributed by atoms with E-state index in [1.54, 1.807) is 0 Å². The van der Waals surface area contributed by atoms with Gasteiger partial charge in [-0.3, -0.25) is 5.10 Å². The molecule has 0 aliphatic carbocycles. The summed E-state index contributed by atoms with van der Waals surface area (Å²) < 4.78 is 8.01. The summed E-state index contributed by atoms with van der Waals surface area (Å²) >= 11 is 5.28. The molecule has 0 saturated heterocycles. The fourth-order valence-corrected chi connectivity index (χ4v) is 2.72. The molecule has 0 aliphatic heterocycles. The van der Waals surface area contributed by atoms with E-state index >= 15 is 0 Å². The van der Waals surface area contributed by atoms with E-state index in [1.165, 1.54) is 0 Å². The van der Waals surface area contributed by atoms with Crippen molar-refractivity contribution in [3.05, 3.63) is 23.3 Å². The number of unbranched alkanes of at least 4 members (excludes halogenated alkanes) is 1. The average molecular weight is 327 g/mol. The molecule has 2 N–H and O–H groups in total. The van der Waals surface area contributed by atoms with Crippen molar-refractivity contribution < 1.29 is 9.84 Å². The number of hydrogen-bond donors (Lipinski definition) is 2. The predicted molar refractivity (Wildman–Crippen MR) is 91.6 cm³/mol. The zero-order valence-corrected chi connectivity index (χ0v) is 14.6. The van der Waals surface area contributed by atoms with Crippen LogP contribution in [0.25, 0.3) is 0 Å². The van der Waals surface area contributed by atoms with Crippen molar-refractivity contribution in [1.82, 2.24) is 14.8 Å². The number of allylic oxidation sites excluding steroid dienone is 1. The van der Waals surface area contributed by atoms with E-state index in [2.05, 4.69) is 30.6 Å². The van der Waals surface area contributed by atoms with Crippen LogP contribution in [0.5, 0.6) is 0 Å². The maximum Gasteiger partial charge on any atom is 0.195 e. The molecule has 5 nitrogen and oxygen atoms in total. The topological polar surface area (TPSA) is 63.1 Å². The first-order valence-corrected chi connectivity index (χ1v) is 8.56. The molecule has 0 bridgehead atoms. The van der Waals surface area contributed by atoms with Gasteiger partial charge in [-0.15, -0.1) is 6.58 Å². The summed E-state index contributed by atoms with van der Waals surface area (Å²) in [6.45, 7) is 9.70. The van der Waals surface area contributed by atoms with Gasteiger partial charge in [0.25, 0.3) is 0 Å². The highest BCUT2D eigenvalue weighted by Gasteiger charge is 2.21. The van der Waals surface area contributed by atoms with Gasteiger partial charge in [0, 0.05) is 19.1 Å². The predicted octanol–water partition coefficient (Wildman–Crippen LogP) is 3.58. The molecule has 0 amide bonds. The molecule has 0 saturated carbocycles. The number of hydrogen-bond acceptors (Lipinski definition) is 4. The normalized spacial score (nSPS) is 14.0. The molecular formula is C16H29N3O2S. The maximum absolute atomic E-state index is 10.2. The highest BCUT2D eigenvalue weighted by Crippen LogP contribution is 2.26. The number of nitrogens with one attached hydrogen (secondary N) is 1. The Morgan fingerprint density at radius 1 is 1.45 bits per heavy atom. The Labute approximate surface area is 138 Å². The molecule has 126 valence electrons. The second-order valence-corrected chi connectivity index (χ2v) is 5.98. The van der Waals surface area contributed by atoms with Crippen molar-refractivity contribution in [2.45, 2.75) is 64.5 Å². The second kappa shape index (κ2) is 10.7. The van der Waals surface area contributed by atoms with Crippen molar-refractivity contribution in [1.29, 1.82) is 0 Å². The zero-order chi connectivity index (χ0) is 16.4. The van der Waals surface area contributed by atoms with Crippen molar-refractivity contribution in [2.24, 2.45) is 0 Å². The van der Waals surface area contributed by atoms with Crippen LogP contribution in [0, 0.1) is 4.77 Å². The van der Waals surface area contributed by atoms with Crippen LogP contribution in [-0.2, 0) is 11.3 Å². The van der Waals surface area contributed by atoms with E-state index in [0.29, 0.717) is 31.0 Å². The summed E-state index contributed by atoms with van der Waals surface area (Å²) in [5, 5.41) is 17.5. The van der Waals surface area contributed by atoms with E-state index < -0.39 is 6.10 Å². The van der Waals surface area contributed by atoms with Crippen LogP contribution in [0.2, 0.25) is 0 Å². The van der Waals surface area contributed by atoms with E-state index in [1.807, 2.05) is 10.6 Å². The summed E-state index contributed by atoms with van der Waals surface area (Å²) in [4.78, 5) is 0. The van der Waals surface area contributed by atoms with Crippen molar-refractivity contribution in [3.8, 4) is 0 Å². The number of aromatic amines is 1. The van der Waals surface area contributed by atoms with Crippen LogP contribution >= 0.6 is 12.2 Å². The van der Waals surface area contributed by atoms with Gasteiger partial charge in [0.1, 0.15) is 5.82 Å². The summed E-state index contributed by atoms with van der Waals surface area (Å²) in [5.74, 6) is 1.08. The molecule has 1 rings (SSSR count). The third-order valence-electron chi connectivity index (χ3n) is 3.59. The molecule has 6 heteroatoms. The van der Waals surface area contributed by atoms with Gasteiger partial charge < -0.3 is 14.4 Å². The molecule has 0 radical (unpaired) electrons. The third-order valence-corrected chi connectivity index (χ3v) is 3.90. The lowest BCUT2D eigenvalue weighted by Gasteiger charge is -2.20. The molecule has 1 heterocycles. The Bertz CT molecular complexity index is 484. The number of aliphatic hydroxyl groups is 1. The van der Waals surface area contributed by atoms with Gasteiger partial charge in [0.2, 0.25) is 0 Å². The van der Waals surface area contributed by atoms with E-state index in [9.17, 15) is 5.11 Å². The molecule has 0 aromatic carbocycles. The van der Waals surface area contributed by atoms with Crippen molar-refractivity contribution in [3.63, 3.8) is 0 Å². The first-order valence-electron chi connectivity index (χ1n) is 8.15. The molecule has 22 heavy (non-hydrogen) atoms. The average Bonchev–Trinajstić information content (AvgIpc) is 2.85. The Balaban J connectivity index is 2.79. The van der Waals surface area contributed by atoms with Gasteiger partial charge in [-0.05, 0) is 31.5 Å². The van der Waals surface area contributed by atoms with E-state index in [-0.39, 0.29) is 5.92 Å². The number of aromatic nitrogens is 3. The van der Waals surface area contributed by atoms with Crippen LogP contribution in [0.3, 0.4) is 0 Å². The van der Waals surface area contributed by atoms with Gasteiger partial charge in [-0.25, -0.2) is 0 Å². The number of aliphatic hydroxyl groups excluding tert-OH is 1. The van der Waals surface area contributed by atoms with Crippen LogP contribution in [0.1, 0.15) is 57.7 Å². The lowest BCUT2D eigenvalue weighted by atomic mass is 9.94. The molecule has 0 fully saturated rings. The highest BCUT2D eigenvalue weighted by molar-refractivity contribution is 7.71. The monoisotopic (exact) mass is 327 g/mol. The fourth-order valence-electron chi connectivity index (χ4n) is 2.51. The number of rotatable bonds is 12. The van der Waals surface area contributed by atoms with Crippen LogP contribution < -0.4 is 0 Å². The Morgan fingerprint density at radius 3 is 2.86 bits per heavy atom. The standard InChI is InChI=1S/C16H29N3O2S/c1-4-7-8-13(11-14(20)12-21-10-6-3)15-17-18-16(22)19(15)9-5-2/h5,13-14,20H,2,4,6-12H2,1,3H3,(H,18,22)/t13-,14-/m1/s1. The molecule has 1 aromatic rings. The van der Waals surface area contributed by atoms with Gasteiger partial charge in [-0.1, -0.05) is 32.8 Å².